The number of nitrogens with zero attached hydrogens (tertiary/aromatic N) is 1. The highest BCUT2D eigenvalue weighted by Crippen LogP contribution is 2.21. The van der Waals surface area contributed by atoms with Crippen LogP contribution in [-0.4, -0.2) is 9.98 Å². The molecule has 4 nitrogen and oxygen atoms in total. The number of aromatic hydroxyl groups is 1. The zero-order chi connectivity index (χ0) is 7.56. The number of phenolic OH excluding ortho intramolecular Hbond substituents is 1. The molecule has 4 heteroatoms. The zero-order valence-corrected chi connectivity index (χ0v) is 5.19. The lowest BCUT2D eigenvalue weighted by molar-refractivity contribution is -0.475. The number of rotatable bonds is 1. The van der Waals surface area contributed by atoms with Gasteiger partial charge in [-0.2, -0.15) is 5.84 Å². The molecule has 0 atom stereocenters. The molecule has 1 rings (SSSR count). The monoisotopic (exact) mass is 139 g/mol. The molecule has 0 aliphatic rings. The summed E-state index contributed by atoms with van der Waals surface area (Å²) in [5.41, 5.74) is 0.0718. The van der Waals surface area contributed by atoms with Gasteiger partial charge in [0.25, 0.3) is 0 Å². The highest BCUT2D eigenvalue weighted by molar-refractivity contribution is 5.43. The van der Waals surface area contributed by atoms with Crippen LogP contribution >= 0.6 is 0 Å². The van der Waals surface area contributed by atoms with Gasteiger partial charge in [-0.05, 0) is 6.07 Å². The number of nitrogens with two attached hydrogens (primary N) is 1. The van der Waals surface area contributed by atoms with Crippen molar-refractivity contribution in [2.75, 3.05) is 0 Å². The number of hydrogen-bond donors (Lipinski definition) is 2. The summed E-state index contributed by atoms with van der Waals surface area (Å²) in [6.07, 6.45) is 0. The third-order valence-corrected chi connectivity index (χ3v) is 1.12. The average molecular weight is 139 g/mol. The quantitative estimate of drug-likeness (QED) is 0.341. The Labute approximate surface area is 57.4 Å². The number of hydrogen-bond acceptors (Lipinski definition) is 2. The van der Waals surface area contributed by atoms with Crippen molar-refractivity contribution in [3.05, 3.63) is 29.2 Å². The van der Waals surface area contributed by atoms with Crippen molar-refractivity contribution in [1.29, 1.82) is 0 Å². The fraction of sp³-hybridized carbons (Fsp3) is 0. The summed E-state index contributed by atoms with van der Waals surface area (Å²) in [6.45, 7) is 0. The van der Waals surface area contributed by atoms with Crippen LogP contribution in [0.3, 0.4) is 0 Å². The van der Waals surface area contributed by atoms with Crippen LogP contribution in [0.1, 0.15) is 0 Å². The molecule has 0 aliphatic carbocycles. The van der Waals surface area contributed by atoms with Crippen LogP contribution in [0.2, 0.25) is 0 Å². The van der Waals surface area contributed by atoms with Gasteiger partial charge in [-0.1, -0.05) is 12.1 Å². The second kappa shape index (κ2) is 2.34. The largest absolute Gasteiger partial charge is 0.502 e. The Morgan fingerprint density at radius 2 is 2.00 bits per heavy atom. The lowest BCUT2D eigenvalue weighted by atomic mass is 10.3. The lowest BCUT2D eigenvalue weighted by Crippen LogP contribution is -2.08. The van der Waals surface area contributed by atoms with Crippen molar-refractivity contribution in [2.45, 2.75) is 0 Å². The molecule has 10 heavy (non-hydrogen) atoms. The maximum atomic E-state index is 10.4. The van der Waals surface area contributed by atoms with E-state index in [0.29, 0.717) is 0 Å². The average Bonchev–Trinajstić information content (AvgIpc) is 1.88. The van der Waals surface area contributed by atoms with Gasteiger partial charge in [0, 0.05) is 6.07 Å². The molecular weight excluding hydrogens is 132 g/mol. The van der Waals surface area contributed by atoms with Gasteiger partial charge in [0.2, 0.25) is 0 Å². The molecule has 0 bridgehead atoms. The van der Waals surface area contributed by atoms with Crippen molar-refractivity contribution in [3.8, 4) is 5.75 Å². The third-order valence-electron chi connectivity index (χ3n) is 1.12. The number of phenols is 1. The lowest BCUT2D eigenvalue weighted by Gasteiger charge is -1.88. The Morgan fingerprint density at radius 1 is 1.40 bits per heavy atom. The molecule has 0 unspecified atom stereocenters. The normalized spacial score (nSPS) is 9.20. The van der Waals surface area contributed by atoms with Crippen molar-refractivity contribution in [1.82, 2.24) is 0 Å². The molecule has 3 N–H and O–H groups in total. The Balaban J connectivity index is 3.15. The van der Waals surface area contributed by atoms with E-state index < -0.39 is 0 Å². The van der Waals surface area contributed by atoms with E-state index in [1.807, 2.05) is 0 Å². The van der Waals surface area contributed by atoms with Gasteiger partial charge in [-0.3, -0.25) is 0 Å². The third kappa shape index (κ3) is 1.05. The first-order valence-electron chi connectivity index (χ1n) is 2.72. The highest BCUT2D eigenvalue weighted by Gasteiger charge is 2.12. The second-order valence-corrected chi connectivity index (χ2v) is 1.81. The maximum absolute atomic E-state index is 10.4. The Bertz CT molecular complexity index is 260. The van der Waals surface area contributed by atoms with E-state index in [-0.39, 0.29) is 16.3 Å². The van der Waals surface area contributed by atoms with Crippen molar-refractivity contribution in [3.63, 3.8) is 0 Å². The first-order valence-corrected chi connectivity index (χ1v) is 2.72. The van der Waals surface area contributed by atoms with E-state index in [4.69, 9.17) is 10.9 Å². The topological polar surface area (TPSA) is 66.3 Å². The molecule has 52 valence electrons. The van der Waals surface area contributed by atoms with Crippen molar-refractivity contribution >= 4 is 5.69 Å². The van der Waals surface area contributed by atoms with Gasteiger partial charge in [0.05, 0.1) is 4.91 Å². The number of nitroso groups, excluding NO2 is 1. The molecule has 0 fully saturated rings. The maximum Gasteiger partial charge on any atom is 0.332 e. The summed E-state index contributed by atoms with van der Waals surface area (Å²) in [7, 11) is 0. The van der Waals surface area contributed by atoms with Crippen LogP contribution in [0, 0.1) is 4.91 Å². The summed E-state index contributed by atoms with van der Waals surface area (Å²) >= 11 is 0. The molecule has 0 aliphatic heterocycles. The highest BCUT2D eigenvalue weighted by atomic mass is 16.3. The number of hydrazine groups is 1. The smallest absolute Gasteiger partial charge is 0.332 e. The standard InChI is InChI=1S/C6H6N2O2/c7-8(10)5-3-1-2-4-6(5)9/h1-4H,(H2-,7,9,10)/p+1. The van der Waals surface area contributed by atoms with Crippen molar-refractivity contribution < 1.29 is 9.98 Å². The number of benzene rings is 1. The van der Waals surface area contributed by atoms with E-state index in [0.717, 1.165) is 0 Å². The van der Waals surface area contributed by atoms with Gasteiger partial charge in [0.15, 0.2) is 10.6 Å². The van der Waals surface area contributed by atoms with Crippen LogP contribution in [0.15, 0.2) is 24.3 Å². The second-order valence-electron chi connectivity index (χ2n) is 1.81. The fourth-order valence-corrected chi connectivity index (χ4v) is 0.651. The van der Waals surface area contributed by atoms with Gasteiger partial charge >= 0.3 is 5.69 Å². The van der Waals surface area contributed by atoms with E-state index >= 15 is 0 Å². The number of para-hydroxylation sites is 2. The Hall–Kier alpha value is -1.58. The van der Waals surface area contributed by atoms with E-state index in [2.05, 4.69) is 0 Å². The van der Waals surface area contributed by atoms with E-state index in [1.54, 1.807) is 12.1 Å². The summed E-state index contributed by atoms with van der Waals surface area (Å²) in [6, 6.07) is 6.06. The van der Waals surface area contributed by atoms with Gasteiger partial charge in [-0.25, -0.2) is 0 Å². The van der Waals surface area contributed by atoms with E-state index in [9.17, 15) is 4.91 Å². The molecule has 0 heterocycles. The van der Waals surface area contributed by atoms with Crippen LogP contribution in [0.25, 0.3) is 0 Å². The zero-order valence-electron chi connectivity index (χ0n) is 5.19. The van der Waals surface area contributed by atoms with Crippen LogP contribution in [0.4, 0.5) is 5.69 Å². The molecule has 1 aromatic carbocycles. The molecule has 0 radical (unpaired) electrons. The molecule has 0 aromatic heterocycles. The summed E-state index contributed by atoms with van der Waals surface area (Å²) in [4.78, 5) is 10.5. The first-order chi connectivity index (χ1) is 4.72. The summed E-state index contributed by atoms with van der Waals surface area (Å²) in [5, 5.41) is 8.96. The summed E-state index contributed by atoms with van der Waals surface area (Å²) in [5.74, 6) is 4.72. The van der Waals surface area contributed by atoms with Gasteiger partial charge < -0.3 is 5.11 Å². The fourth-order valence-electron chi connectivity index (χ4n) is 0.651. The first kappa shape index (κ1) is 6.54. The Morgan fingerprint density at radius 3 is 2.40 bits per heavy atom. The minimum atomic E-state index is -0.111. The molecule has 1 aromatic rings. The molecule has 0 saturated heterocycles. The minimum Gasteiger partial charge on any atom is -0.502 e. The van der Waals surface area contributed by atoms with E-state index in [1.165, 1.54) is 12.1 Å². The molecular formula is C6H7N2O2+. The molecule has 0 spiro atoms. The predicted octanol–water partition coefficient (Wildman–Crippen LogP) is 0.676. The van der Waals surface area contributed by atoms with Gasteiger partial charge in [-0.15, -0.1) is 0 Å². The Kier molecular flexibility index (Phi) is 1.53. The van der Waals surface area contributed by atoms with Crippen LogP contribution in [0.5, 0.6) is 5.75 Å². The predicted molar refractivity (Wildman–Crippen MR) is 35.6 cm³/mol. The van der Waals surface area contributed by atoms with Crippen LogP contribution < -0.4 is 5.84 Å². The molecule has 0 saturated carbocycles. The SMILES string of the molecule is N[N+](=O)c1ccccc1O. The van der Waals surface area contributed by atoms with Crippen LogP contribution in [-0.2, 0) is 0 Å². The molecule has 0 amide bonds. The minimum absolute atomic E-state index is 0.0718. The van der Waals surface area contributed by atoms with Crippen molar-refractivity contribution in [2.24, 2.45) is 5.84 Å². The summed E-state index contributed by atoms with van der Waals surface area (Å²) < 4.78 is 0. The van der Waals surface area contributed by atoms with Gasteiger partial charge in [0.1, 0.15) is 0 Å².